The van der Waals surface area contributed by atoms with E-state index in [-0.39, 0.29) is 11.9 Å². The van der Waals surface area contributed by atoms with Crippen LogP contribution in [0.5, 0.6) is 0 Å². The lowest BCUT2D eigenvalue weighted by Gasteiger charge is -2.22. The molecule has 0 saturated heterocycles. The van der Waals surface area contributed by atoms with Crippen LogP contribution in [-0.4, -0.2) is 42.1 Å². The molecule has 1 aromatic heterocycles. The van der Waals surface area contributed by atoms with Gasteiger partial charge in [-0.3, -0.25) is 4.79 Å². The predicted octanol–water partition coefficient (Wildman–Crippen LogP) is 1.88. The fraction of sp³-hybridized carbons (Fsp3) is 0.438. The van der Waals surface area contributed by atoms with Crippen molar-refractivity contribution in [3.63, 3.8) is 0 Å². The molecule has 1 atom stereocenters. The van der Waals surface area contributed by atoms with E-state index in [0.717, 1.165) is 25.2 Å². The molecule has 0 fully saturated rings. The third kappa shape index (κ3) is 2.10. The number of nitrogens with one attached hydrogen (secondary N) is 1. The first kappa shape index (κ1) is 13.2. The van der Waals surface area contributed by atoms with Crippen molar-refractivity contribution in [2.75, 3.05) is 20.6 Å². The highest BCUT2D eigenvalue weighted by molar-refractivity contribution is 6.03. The Morgan fingerprint density at radius 3 is 2.85 bits per heavy atom. The minimum absolute atomic E-state index is 0.0636. The maximum absolute atomic E-state index is 12.4. The van der Waals surface area contributed by atoms with Gasteiger partial charge in [-0.25, -0.2) is 0 Å². The molecule has 1 N–H and O–H groups in total. The highest BCUT2D eigenvalue weighted by Crippen LogP contribution is 2.29. The molecule has 1 unspecified atom stereocenters. The molecule has 0 radical (unpaired) electrons. The summed E-state index contributed by atoms with van der Waals surface area (Å²) in [6, 6.07) is 8.55. The fourth-order valence-electron chi connectivity index (χ4n) is 3.02. The second kappa shape index (κ2) is 4.94. The number of likely N-dealkylation sites (N-methyl/N-ethyl adjacent to an activating group) is 1. The number of fused-ring (bicyclic) bond motifs is 3. The van der Waals surface area contributed by atoms with Gasteiger partial charge in [-0.05, 0) is 39.1 Å². The van der Waals surface area contributed by atoms with Gasteiger partial charge in [0, 0.05) is 30.0 Å². The van der Waals surface area contributed by atoms with Crippen molar-refractivity contribution in [1.82, 2.24) is 14.8 Å². The lowest BCUT2D eigenvalue weighted by molar-refractivity contribution is 0.0919. The number of para-hydroxylation sites is 1. The van der Waals surface area contributed by atoms with Crippen LogP contribution in [0.25, 0.3) is 10.9 Å². The average molecular weight is 271 g/mol. The van der Waals surface area contributed by atoms with E-state index in [9.17, 15) is 4.79 Å². The summed E-state index contributed by atoms with van der Waals surface area (Å²) >= 11 is 0. The van der Waals surface area contributed by atoms with Gasteiger partial charge in [-0.2, -0.15) is 0 Å². The Hall–Kier alpha value is -1.81. The lowest BCUT2D eigenvalue weighted by atomic mass is 9.99. The Morgan fingerprint density at radius 2 is 2.10 bits per heavy atom. The van der Waals surface area contributed by atoms with E-state index in [1.807, 2.05) is 6.07 Å². The van der Waals surface area contributed by atoms with Crippen LogP contribution in [0, 0.1) is 0 Å². The highest BCUT2D eigenvalue weighted by Gasteiger charge is 2.28. The maximum Gasteiger partial charge on any atom is 0.268 e. The Labute approximate surface area is 119 Å². The maximum atomic E-state index is 12.4. The first-order valence-electron chi connectivity index (χ1n) is 7.13. The molecule has 20 heavy (non-hydrogen) atoms. The van der Waals surface area contributed by atoms with Gasteiger partial charge in [0.15, 0.2) is 0 Å². The van der Waals surface area contributed by atoms with Gasteiger partial charge >= 0.3 is 0 Å². The minimum atomic E-state index is 0.0636. The molecule has 1 aromatic carbocycles. The predicted molar refractivity (Wildman–Crippen MR) is 81.1 cm³/mol. The van der Waals surface area contributed by atoms with Gasteiger partial charge in [0.2, 0.25) is 0 Å². The van der Waals surface area contributed by atoms with Crippen LogP contribution in [0.2, 0.25) is 0 Å². The first-order valence-corrected chi connectivity index (χ1v) is 7.13. The molecule has 2 aromatic rings. The Balaban J connectivity index is 2.17. The van der Waals surface area contributed by atoms with Crippen molar-refractivity contribution < 1.29 is 4.79 Å². The first-order chi connectivity index (χ1) is 9.58. The Morgan fingerprint density at radius 1 is 1.35 bits per heavy atom. The molecule has 4 heteroatoms. The topological polar surface area (TPSA) is 37.3 Å². The largest absolute Gasteiger partial charge is 0.348 e. The van der Waals surface area contributed by atoms with E-state index in [0.29, 0.717) is 0 Å². The van der Waals surface area contributed by atoms with Crippen LogP contribution in [0.4, 0.5) is 0 Å². The normalized spacial score (nSPS) is 18.4. The molecular weight excluding hydrogens is 250 g/mol. The van der Waals surface area contributed by atoms with E-state index in [1.165, 1.54) is 16.5 Å². The summed E-state index contributed by atoms with van der Waals surface area (Å²) in [6.45, 7) is 3.82. The van der Waals surface area contributed by atoms with Crippen LogP contribution < -0.4 is 5.32 Å². The number of aromatic nitrogens is 1. The third-order valence-electron chi connectivity index (χ3n) is 3.95. The molecule has 106 valence electrons. The second-order valence-corrected chi connectivity index (χ2v) is 5.88. The number of hydrogen-bond acceptors (Lipinski definition) is 2. The Kier molecular flexibility index (Phi) is 3.26. The van der Waals surface area contributed by atoms with Gasteiger partial charge in [0.25, 0.3) is 5.91 Å². The van der Waals surface area contributed by atoms with Gasteiger partial charge in [0.05, 0.1) is 0 Å². The monoisotopic (exact) mass is 271 g/mol. The molecule has 4 nitrogen and oxygen atoms in total. The van der Waals surface area contributed by atoms with Crippen molar-refractivity contribution >= 4 is 16.8 Å². The number of amides is 1. The van der Waals surface area contributed by atoms with Crippen molar-refractivity contribution in [2.45, 2.75) is 25.9 Å². The van der Waals surface area contributed by atoms with Crippen molar-refractivity contribution in [3.05, 3.63) is 35.5 Å². The average Bonchev–Trinajstić information content (AvgIpc) is 2.71. The van der Waals surface area contributed by atoms with Crippen LogP contribution in [0.15, 0.2) is 24.3 Å². The zero-order valence-electron chi connectivity index (χ0n) is 12.3. The summed E-state index contributed by atoms with van der Waals surface area (Å²) in [6.07, 6.45) is 0.913. The highest BCUT2D eigenvalue weighted by atomic mass is 16.2. The van der Waals surface area contributed by atoms with Crippen LogP contribution in [0.1, 0.15) is 23.0 Å². The molecule has 2 heterocycles. The van der Waals surface area contributed by atoms with Crippen LogP contribution >= 0.6 is 0 Å². The van der Waals surface area contributed by atoms with Crippen molar-refractivity contribution in [2.24, 2.45) is 0 Å². The molecule has 1 aliphatic rings. The quantitative estimate of drug-likeness (QED) is 0.925. The second-order valence-electron chi connectivity index (χ2n) is 5.88. The van der Waals surface area contributed by atoms with Crippen molar-refractivity contribution in [1.29, 1.82) is 0 Å². The molecule has 3 rings (SSSR count). The van der Waals surface area contributed by atoms with E-state index >= 15 is 0 Å². The molecule has 0 bridgehead atoms. The van der Waals surface area contributed by atoms with E-state index in [2.05, 4.69) is 54.0 Å². The number of benzene rings is 1. The number of hydrogen-bond donors (Lipinski definition) is 1. The summed E-state index contributed by atoms with van der Waals surface area (Å²) < 4.78 is 2.17. The minimum Gasteiger partial charge on any atom is -0.348 e. The molecule has 0 saturated carbocycles. The summed E-state index contributed by atoms with van der Waals surface area (Å²) in [7, 11) is 4.11. The molecule has 0 aliphatic carbocycles. The molecular formula is C16H21N3O. The SMILES string of the molecule is CC1Cc2c(n(CCN(C)C)c3ccccc23)C(=O)N1. The number of rotatable bonds is 3. The van der Waals surface area contributed by atoms with Crippen LogP contribution in [0.3, 0.4) is 0 Å². The number of carbonyl (C=O) groups is 1. The molecule has 1 amide bonds. The zero-order chi connectivity index (χ0) is 14.3. The van der Waals surface area contributed by atoms with E-state index < -0.39 is 0 Å². The van der Waals surface area contributed by atoms with Crippen LogP contribution in [-0.2, 0) is 13.0 Å². The van der Waals surface area contributed by atoms with Crippen molar-refractivity contribution in [3.8, 4) is 0 Å². The fourth-order valence-corrected chi connectivity index (χ4v) is 3.02. The number of carbonyl (C=O) groups excluding carboxylic acids is 1. The standard InChI is InChI=1S/C16H21N3O/c1-11-10-13-12-6-4-5-7-14(12)19(9-8-18(2)3)15(13)16(20)17-11/h4-7,11H,8-10H2,1-3H3,(H,17,20). The molecule has 0 spiro atoms. The van der Waals surface area contributed by atoms with E-state index in [1.54, 1.807) is 0 Å². The van der Waals surface area contributed by atoms with Gasteiger partial charge in [-0.15, -0.1) is 0 Å². The van der Waals surface area contributed by atoms with Gasteiger partial charge < -0.3 is 14.8 Å². The smallest absolute Gasteiger partial charge is 0.268 e. The number of nitrogens with zero attached hydrogens (tertiary/aromatic N) is 2. The summed E-state index contributed by atoms with van der Waals surface area (Å²) in [4.78, 5) is 14.5. The van der Waals surface area contributed by atoms with E-state index in [4.69, 9.17) is 0 Å². The summed E-state index contributed by atoms with van der Waals surface area (Å²) in [5, 5.41) is 4.28. The summed E-state index contributed by atoms with van der Waals surface area (Å²) in [5.41, 5.74) is 3.23. The zero-order valence-corrected chi connectivity index (χ0v) is 12.3. The summed E-state index contributed by atoms with van der Waals surface area (Å²) in [5.74, 6) is 0.0636. The lowest BCUT2D eigenvalue weighted by Crippen LogP contribution is -2.40. The third-order valence-corrected chi connectivity index (χ3v) is 3.95. The van der Waals surface area contributed by atoms with Gasteiger partial charge in [-0.1, -0.05) is 18.2 Å². The van der Waals surface area contributed by atoms with Gasteiger partial charge in [0.1, 0.15) is 5.69 Å². The molecule has 1 aliphatic heterocycles. The Bertz CT molecular complexity index is 657.